The Hall–Kier alpha value is -1.05. The summed E-state index contributed by atoms with van der Waals surface area (Å²) in [4.78, 5) is 10.7. The molecule has 1 saturated heterocycles. The molecule has 2 aliphatic rings. The Morgan fingerprint density at radius 3 is 2.89 bits per heavy atom. The maximum Gasteiger partial charge on any atom is 0.161 e. The molecule has 0 bridgehead atoms. The number of carbonyl (C=O) groups excluding carboxylic acids is 1. The molecule has 0 aromatic heterocycles. The second kappa shape index (κ2) is 1.47. The molecule has 1 N–H and O–H groups in total. The van der Waals surface area contributed by atoms with Gasteiger partial charge < -0.3 is 5.32 Å². The predicted octanol–water partition coefficient (Wildman–Crippen LogP) is 0.373. The Labute approximate surface area is 53.2 Å². The van der Waals surface area contributed by atoms with Crippen LogP contribution in [0.1, 0.15) is 6.42 Å². The van der Waals surface area contributed by atoms with Crippen LogP contribution in [0.2, 0.25) is 0 Å². The fourth-order valence-electron chi connectivity index (χ4n) is 1.06. The molecule has 0 spiro atoms. The van der Waals surface area contributed by atoms with Crippen molar-refractivity contribution in [3.63, 3.8) is 0 Å². The zero-order valence-corrected chi connectivity index (χ0v) is 4.98. The lowest BCUT2D eigenvalue weighted by molar-refractivity contribution is -0.114. The van der Waals surface area contributed by atoms with E-state index >= 15 is 0 Å². The van der Waals surface area contributed by atoms with Gasteiger partial charge in [-0.05, 0) is 5.57 Å². The number of carbonyl (C=O) groups is 1. The van der Waals surface area contributed by atoms with E-state index in [-0.39, 0.29) is 5.78 Å². The smallest absolute Gasteiger partial charge is 0.161 e. The van der Waals surface area contributed by atoms with Crippen LogP contribution in [0.25, 0.3) is 0 Å². The van der Waals surface area contributed by atoms with Crippen LogP contribution in [0, 0.1) is 0 Å². The van der Waals surface area contributed by atoms with E-state index in [0.717, 1.165) is 12.2 Å². The third kappa shape index (κ3) is 0.593. The molecule has 1 aliphatic carbocycles. The first-order valence-corrected chi connectivity index (χ1v) is 3.04. The van der Waals surface area contributed by atoms with Crippen LogP contribution >= 0.6 is 0 Å². The van der Waals surface area contributed by atoms with Gasteiger partial charge in [-0.1, -0.05) is 6.08 Å². The average molecular weight is 121 g/mol. The molecule has 0 unspecified atom stereocenters. The highest BCUT2D eigenvalue weighted by Gasteiger charge is 2.19. The van der Waals surface area contributed by atoms with E-state index in [0.29, 0.717) is 6.42 Å². The van der Waals surface area contributed by atoms with Gasteiger partial charge in [-0.3, -0.25) is 4.79 Å². The van der Waals surface area contributed by atoms with Crippen molar-refractivity contribution in [2.24, 2.45) is 0 Å². The second-order valence-electron chi connectivity index (χ2n) is 2.31. The van der Waals surface area contributed by atoms with Crippen molar-refractivity contribution in [3.8, 4) is 0 Å². The van der Waals surface area contributed by atoms with Crippen LogP contribution in [0.4, 0.5) is 0 Å². The van der Waals surface area contributed by atoms with Crippen molar-refractivity contribution in [3.05, 3.63) is 23.4 Å². The predicted molar refractivity (Wildman–Crippen MR) is 33.8 cm³/mol. The van der Waals surface area contributed by atoms with E-state index in [2.05, 4.69) is 5.32 Å². The SMILES string of the molecule is O=C1C=C2NCC2=CC1. The minimum atomic E-state index is 0.209. The van der Waals surface area contributed by atoms with Gasteiger partial charge in [-0.15, -0.1) is 0 Å². The van der Waals surface area contributed by atoms with Crippen LogP contribution in [-0.2, 0) is 4.79 Å². The Bertz CT molecular complexity index is 225. The Morgan fingerprint density at radius 2 is 2.44 bits per heavy atom. The fraction of sp³-hybridized carbons (Fsp3) is 0.286. The van der Waals surface area contributed by atoms with E-state index in [1.165, 1.54) is 5.57 Å². The van der Waals surface area contributed by atoms with E-state index in [9.17, 15) is 4.79 Å². The van der Waals surface area contributed by atoms with E-state index in [4.69, 9.17) is 0 Å². The third-order valence-corrected chi connectivity index (χ3v) is 1.67. The molecule has 0 saturated carbocycles. The summed E-state index contributed by atoms with van der Waals surface area (Å²) in [5.41, 5.74) is 2.33. The molecule has 1 heterocycles. The Kier molecular flexibility index (Phi) is 0.781. The van der Waals surface area contributed by atoms with Crippen molar-refractivity contribution in [1.82, 2.24) is 5.32 Å². The number of nitrogens with one attached hydrogen (secondary N) is 1. The molecule has 2 nitrogen and oxygen atoms in total. The van der Waals surface area contributed by atoms with Crippen LogP contribution in [0.15, 0.2) is 23.4 Å². The molecule has 0 atom stereocenters. The van der Waals surface area contributed by atoms with E-state index < -0.39 is 0 Å². The molecule has 0 amide bonds. The monoisotopic (exact) mass is 121 g/mol. The van der Waals surface area contributed by atoms with Gasteiger partial charge in [0.25, 0.3) is 0 Å². The highest BCUT2D eigenvalue weighted by Crippen LogP contribution is 2.20. The number of hydrogen-bond acceptors (Lipinski definition) is 2. The molecule has 2 rings (SSSR count). The van der Waals surface area contributed by atoms with E-state index in [1.807, 2.05) is 6.08 Å². The summed E-state index contributed by atoms with van der Waals surface area (Å²) < 4.78 is 0. The first-order valence-electron chi connectivity index (χ1n) is 3.04. The van der Waals surface area contributed by atoms with Gasteiger partial charge in [0.1, 0.15) is 0 Å². The number of allylic oxidation sites excluding steroid dienone is 2. The van der Waals surface area contributed by atoms with Gasteiger partial charge in [-0.25, -0.2) is 0 Å². The molecular weight excluding hydrogens is 114 g/mol. The lowest BCUT2D eigenvalue weighted by Gasteiger charge is -2.26. The van der Waals surface area contributed by atoms with Crippen LogP contribution < -0.4 is 5.32 Å². The number of ketones is 1. The van der Waals surface area contributed by atoms with Crippen LogP contribution in [0.5, 0.6) is 0 Å². The first-order chi connectivity index (χ1) is 4.36. The normalized spacial score (nSPS) is 22.9. The summed E-state index contributed by atoms with van der Waals surface area (Å²) in [5, 5.41) is 3.05. The average Bonchev–Trinajstić information content (AvgIpc) is 1.78. The van der Waals surface area contributed by atoms with Gasteiger partial charge in [0.05, 0.1) is 0 Å². The van der Waals surface area contributed by atoms with Crippen molar-refractivity contribution < 1.29 is 4.79 Å². The van der Waals surface area contributed by atoms with Gasteiger partial charge in [0.15, 0.2) is 5.78 Å². The summed E-state index contributed by atoms with van der Waals surface area (Å²) in [5.74, 6) is 0.209. The lowest BCUT2D eigenvalue weighted by Crippen LogP contribution is -2.33. The van der Waals surface area contributed by atoms with Gasteiger partial charge in [-0.2, -0.15) is 0 Å². The molecule has 1 aliphatic heterocycles. The standard InChI is InChI=1S/C7H7NO/c9-6-2-1-5-4-8-7(5)3-6/h1,3,8H,2,4H2. The first kappa shape index (κ1) is 4.79. The van der Waals surface area contributed by atoms with Crippen molar-refractivity contribution >= 4 is 5.78 Å². The quantitative estimate of drug-likeness (QED) is 0.501. The molecule has 46 valence electrons. The van der Waals surface area contributed by atoms with Crippen LogP contribution in [0.3, 0.4) is 0 Å². The van der Waals surface area contributed by atoms with Crippen LogP contribution in [-0.4, -0.2) is 12.3 Å². The maximum atomic E-state index is 10.7. The summed E-state index contributed by atoms with van der Waals surface area (Å²) >= 11 is 0. The molecule has 0 aromatic carbocycles. The van der Waals surface area contributed by atoms with Crippen molar-refractivity contribution in [2.45, 2.75) is 6.42 Å². The van der Waals surface area contributed by atoms with Crippen molar-refractivity contribution in [2.75, 3.05) is 6.54 Å². The molecule has 1 fully saturated rings. The molecule has 0 aromatic rings. The summed E-state index contributed by atoms with van der Waals surface area (Å²) in [6.07, 6.45) is 4.27. The van der Waals surface area contributed by atoms with Gasteiger partial charge in [0, 0.05) is 24.7 Å². The minimum Gasteiger partial charge on any atom is -0.381 e. The van der Waals surface area contributed by atoms with E-state index in [1.54, 1.807) is 6.08 Å². The second-order valence-corrected chi connectivity index (χ2v) is 2.31. The van der Waals surface area contributed by atoms with Gasteiger partial charge in [0.2, 0.25) is 0 Å². The summed E-state index contributed by atoms with van der Waals surface area (Å²) in [6, 6.07) is 0. The maximum absolute atomic E-state index is 10.7. The molecular formula is C7H7NO. The lowest BCUT2D eigenvalue weighted by atomic mass is 9.97. The Balaban J connectivity index is 2.34. The summed E-state index contributed by atoms with van der Waals surface area (Å²) in [6.45, 7) is 0.944. The number of hydrogen-bond donors (Lipinski definition) is 1. The Morgan fingerprint density at radius 1 is 1.56 bits per heavy atom. The van der Waals surface area contributed by atoms with Gasteiger partial charge >= 0.3 is 0 Å². The molecule has 0 radical (unpaired) electrons. The van der Waals surface area contributed by atoms with Crippen molar-refractivity contribution in [1.29, 1.82) is 0 Å². The highest BCUT2D eigenvalue weighted by molar-refractivity contribution is 5.94. The molecule has 9 heavy (non-hydrogen) atoms. The molecule has 2 heteroatoms. The zero-order valence-electron chi connectivity index (χ0n) is 4.98. The zero-order chi connectivity index (χ0) is 6.27. The number of fused-ring (bicyclic) bond motifs is 1. The summed E-state index contributed by atoms with van der Waals surface area (Å²) in [7, 11) is 0. The third-order valence-electron chi connectivity index (χ3n) is 1.67. The minimum absolute atomic E-state index is 0.209. The highest BCUT2D eigenvalue weighted by atomic mass is 16.1. The fourth-order valence-corrected chi connectivity index (χ4v) is 1.06. The number of rotatable bonds is 0. The largest absolute Gasteiger partial charge is 0.381 e. The topological polar surface area (TPSA) is 29.1 Å².